The molecule has 64 valence electrons. The van der Waals surface area contributed by atoms with Gasteiger partial charge in [0.2, 0.25) is 0 Å². The van der Waals surface area contributed by atoms with E-state index in [2.05, 4.69) is 0 Å². The zero-order valence-electron chi connectivity index (χ0n) is 6.30. The molecule has 0 unspecified atom stereocenters. The van der Waals surface area contributed by atoms with Crippen LogP contribution in [0.4, 0.5) is 4.39 Å². The van der Waals surface area contributed by atoms with Gasteiger partial charge in [-0.05, 0) is 17.7 Å². The number of aliphatic hydroxyl groups is 1. The second-order valence-electron chi connectivity index (χ2n) is 2.26. The van der Waals surface area contributed by atoms with Gasteiger partial charge in [0.05, 0.1) is 11.6 Å². The molecule has 0 aliphatic heterocycles. The Kier molecular flexibility index (Phi) is 3.26. The molecule has 0 atom stereocenters. The molecule has 0 saturated carbocycles. The van der Waals surface area contributed by atoms with Crippen LogP contribution in [0, 0.1) is 5.82 Å². The Morgan fingerprint density at radius 3 is 2.83 bits per heavy atom. The zero-order valence-corrected chi connectivity index (χ0v) is 7.05. The molecule has 0 radical (unpaired) electrons. The van der Waals surface area contributed by atoms with E-state index in [1.54, 1.807) is 18.2 Å². The van der Waals surface area contributed by atoms with Crippen LogP contribution in [0.5, 0.6) is 0 Å². The van der Waals surface area contributed by atoms with Gasteiger partial charge in [-0.25, -0.2) is 4.39 Å². The van der Waals surface area contributed by atoms with E-state index in [9.17, 15) is 4.39 Å². The summed E-state index contributed by atoms with van der Waals surface area (Å²) in [7, 11) is 0. The van der Waals surface area contributed by atoms with Crippen LogP contribution in [0.3, 0.4) is 0 Å². The molecule has 1 aromatic carbocycles. The third-order valence-corrected chi connectivity index (χ3v) is 1.65. The van der Waals surface area contributed by atoms with Gasteiger partial charge in [-0.3, -0.25) is 0 Å². The minimum Gasteiger partial charge on any atom is -0.392 e. The van der Waals surface area contributed by atoms with Crippen molar-refractivity contribution in [3.63, 3.8) is 0 Å². The summed E-state index contributed by atoms with van der Waals surface area (Å²) in [5.41, 5.74) is 0.774. The molecule has 1 aromatic rings. The van der Waals surface area contributed by atoms with Crippen molar-refractivity contribution in [3.05, 3.63) is 40.7 Å². The molecule has 0 saturated heterocycles. The van der Waals surface area contributed by atoms with Crippen LogP contribution in [0.2, 0.25) is 5.02 Å². The Hall–Kier alpha value is -0.860. The zero-order chi connectivity index (χ0) is 8.97. The van der Waals surface area contributed by atoms with E-state index in [4.69, 9.17) is 16.7 Å². The fraction of sp³-hybridized carbons (Fsp3) is 0.111. The number of aliphatic hydroxyl groups excluding tert-OH is 1. The van der Waals surface area contributed by atoms with Gasteiger partial charge in [-0.2, -0.15) is 0 Å². The number of hydrogen-bond donors (Lipinski definition) is 1. The molecule has 0 aliphatic rings. The van der Waals surface area contributed by atoms with Crippen LogP contribution >= 0.6 is 11.6 Å². The number of benzene rings is 1. The molecule has 3 heteroatoms. The van der Waals surface area contributed by atoms with Gasteiger partial charge in [-0.1, -0.05) is 29.8 Å². The van der Waals surface area contributed by atoms with Crippen molar-refractivity contribution >= 4 is 17.7 Å². The first-order valence-electron chi connectivity index (χ1n) is 3.46. The summed E-state index contributed by atoms with van der Waals surface area (Å²) in [4.78, 5) is 0. The number of rotatable bonds is 2. The second-order valence-corrected chi connectivity index (χ2v) is 2.67. The number of hydrogen-bond acceptors (Lipinski definition) is 1. The molecular formula is C9H8ClFO. The molecule has 0 spiro atoms. The largest absolute Gasteiger partial charge is 0.392 e. The third-order valence-electron chi connectivity index (χ3n) is 1.36. The van der Waals surface area contributed by atoms with E-state index >= 15 is 0 Å². The highest BCUT2D eigenvalue weighted by Crippen LogP contribution is 2.16. The first-order valence-corrected chi connectivity index (χ1v) is 3.84. The van der Waals surface area contributed by atoms with Gasteiger partial charge in [0.1, 0.15) is 5.82 Å². The molecule has 0 aliphatic carbocycles. The van der Waals surface area contributed by atoms with Gasteiger partial charge in [0, 0.05) is 0 Å². The lowest BCUT2D eigenvalue weighted by molar-refractivity contribution is 0.343. The molecule has 0 heterocycles. The quantitative estimate of drug-likeness (QED) is 0.753. The molecule has 0 fully saturated rings. The maximum atomic E-state index is 12.6. The lowest BCUT2D eigenvalue weighted by atomic mass is 10.2. The van der Waals surface area contributed by atoms with E-state index in [-0.39, 0.29) is 11.6 Å². The standard InChI is InChI=1S/C9H8ClFO/c10-8-6-7(2-1-5-12)3-4-9(8)11/h1-4,6,12H,5H2/b2-1+. The topological polar surface area (TPSA) is 20.2 Å². The highest BCUT2D eigenvalue weighted by Gasteiger charge is 1.97. The molecule has 0 amide bonds. The summed E-state index contributed by atoms with van der Waals surface area (Å²) in [6.07, 6.45) is 3.23. The first kappa shape index (κ1) is 9.23. The molecule has 1 rings (SSSR count). The molecular weight excluding hydrogens is 179 g/mol. The minimum absolute atomic E-state index is 0.0327. The van der Waals surface area contributed by atoms with Crippen LogP contribution in [-0.4, -0.2) is 11.7 Å². The maximum absolute atomic E-state index is 12.6. The van der Waals surface area contributed by atoms with Crippen LogP contribution < -0.4 is 0 Å². The minimum atomic E-state index is -0.433. The van der Waals surface area contributed by atoms with E-state index in [0.717, 1.165) is 5.56 Å². The molecule has 12 heavy (non-hydrogen) atoms. The van der Waals surface area contributed by atoms with Crippen molar-refractivity contribution < 1.29 is 9.50 Å². The fourth-order valence-corrected chi connectivity index (χ4v) is 0.994. The smallest absolute Gasteiger partial charge is 0.141 e. The van der Waals surface area contributed by atoms with Crippen molar-refractivity contribution in [3.8, 4) is 0 Å². The highest BCUT2D eigenvalue weighted by atomic mass is 35.5. The molecule has 1 nitrogen and oxygen atoms in total. The van der Waals surface area contributed by atoms with Gasteiger partial charge in [-0.15, -0.1) is 0 Å². The molecule has 0 aromatic heterocycles. The second kappa shape index (κ2) is 4.24. The lowest BCUT2D eigenvalue weighted by Crippen LogP contribution is -1.79. The summed E-state index contributed by atoms with van der Waals surface area (Å²) in [5.74, 6) is -0.433. The highest BCUT2D eigenvalue weighted by molar-refractivity contribution is 6.30. The summed E-state index contributed by atoms with van der Waals surface area (Å²) >= 11 is 5.52. The summed E-state index contributed by atoms with van der Waals surface area (Å²) < 4.78 is 12.6. The van der Waals surface area contributed by atoms with Gasteiger partial charge < -0.3 is 5.11 Å². The molecule has 1 N–H and O–H groups in total. The molecule has 0 bridgehead atoms. The van der Waals surface area contributed by atoms with Crippen LogP contribution in [-0.2, 0) is 0 Å². The SMILES string of the molecule is OC/C=C/c1ccc(F)c(Cl)c1. The van der Waals surface area contributed by atoms with Gasteiger partial charge >= 0.3 is 0 Å². The van der Waals surface area contributed by atoms with E-state index < -0.39 is 5.82 Å². The van der Waals surface area contributed by atoms with Crippen molar-refractivity contribution in [2.24, 2.45) is 0 Å². The Balaban J connectivity index is 2.89. The summed E-state index contributed by atoms with van der Waals surface area (Å²) in [6.45, 7) is -0.0327. The monoisotopic (exact) mass is 186 g/mol. The Morgan fingerprint density at radius 2 is 2.25 bits per heavy atom. The maximum Gasteiger partial charge on any atom is 0.141 e. The lowest BCUT2D eigenvalue weighted by Gasteiger charge is -1.95. The van der Waals surface area contributed by atoms with Crippen LogP contribution in [0.1, 0.15) is 5.56 Å². The van der Waals surface area contributed by atoms with E-state index in [0.29, 0.717) is 0 Å². The van der Waals surface area contributed by atoms with Crippen molar-refractivity contribution in [2.75, 3.05) is 6.61 Å². The Labute approximate surface area is 75.1 Å². The van der Waals surface area contributed by atoms with Crippen molar-refractivity contribution in [2.45, 2.75) is 0 Å². The van der Waals surface area contributed by atoms with Crippen LogP contribution in [0.25, 0.3) is 6.08 Å². The fourth-order valence-electron chi connectivity index (χ4n) is 0.805. The summed E-state index contributed by atoms with van der Waals surface area (Å²) in [6, 6.07) is 4.38. The average Bonchev–Trinajstić information content (AvgIpc) is 2.07. The van der Waals surface area contributed by atoms with Gasteiger partial charge in [0.15, 0.2) is 0 Å². The van der Waals surface area contributed by atoms with Crippen molar-refractivity contribution in [1.82, 2.24) is 0 Å². The Bertz CT molecular complexity index is 297. The van der Waals surface area contributed by atoms with E-state index in [1.165, 1.54) is 12.1 Å². The number of halogens is 2. The summed E-state index contributed by atoms with van der Waals surface area (Å²) in [5, 5.41) is 8.55. The van der Waals surface area contributed by atoms with Crippen LogP contribution in [0.15, 0.2) is 24.3 Å². The average molecular weight is 187 g/mol. The third kappa shape index (κ3) is 2.32. The predicted octanol–water partition coefficient (Wildman–Crippen LogP) is 2.48. The Morgan fingerprint density at radius 1 is 1.50 bits per heavy atom. The van der Waals surface area contributed by atoms with Crippen molar-refractivity contribution in [1.29, 1.82) is 0 Å². The van der Waals surface area contributed by atoms with E-state index in [1.807, 2.05) is 0 Å². The van der Waals surface area contributed by atoms with Gasteiger partial charge in [0.25, 0.3) is 0 Å². The predicted molar refractivity (Wildman–Crippen MR) is 47.5 cm³/mol. The first-order chi connectivity index (χ1) is 5.74. The normalized spacial score (nSPS) is 10.9.